The molecule has 0 bridgehead atoms. The molecule has 9 heavy (non-hydrogen) atoms. The number of amides is 1. The van der Waals surface area contributed by atoms with E-state index in [1.165, 1.54) is 0 Å². The van der Waals surface area contributed by atoms with Crippen molar-refractivity contribution in [3.8, 4) is 0 Å². The van der Waals surface area contributed by atoms with Gasteiger partial charge in [0.15, 0.2) is 0 Å². The maximum absolute atomic E-state index is 10.5. The van der Waals surface area contributed by atoms with Crippen LogP contribution in [0.3, 0.4) is 0 Å². The number of hydrogen-bond donors (Lipinski definition) is 1. The van der Waals surface area contributed by atoms with Crippen LogP contribution < -0.4 is 5.32 Å². The summed E-state index contributed by atoms with van der Waals surface area (Å²) in [6.07, 6.45) is 1.24. The van der Waals surface area contributed by atoms with Crippen molar-refractivity contribution in [2.75, 3.05) is 6.54 Å². The maximum atomic E-state index is 10.5. The van der Waals surface area contributed by atoms with Crippen LogP contribution in [0, 0.1) is 6.92 Å². The van der Waals surface area contributed by atoms with Crippen LogP contribution in [-0.2, 0) is 37.5 Å². The standard InChI is InChI=1S/C6H12NO.Y/c1-3-5-6(8)7-4-2;/h1,3-5H2,2H3,(H,7,8);/q-1;. The van der Waals surface area contributed by atoms with E-state index in [0.717, 1.165) is 6.54 Å². The Labute approximate surface area is 81.7 Å². The summed E-state index contributed by atoms with van der Waals surface area (Å²) < 4.78 is 0. The maximum Gasteiger partial charge on any atom is 0.217 e. The fourth-order valence-corrected chi connectivity index (χ4v) is 0.446. The topological polar surface area (TPSA) is 29.1 Å². The van der Waals surface area contributed by atoms with Crippen LogP contribution in [0.2, 0.25) is 0 Å². The van der Waals surface area contributed by atoms with Gasteiger partial charge in [-0.2, -0.15) is 6.42 Å². The number of nitrogens with one attached hydrogen (secondary N) is 1. The normalized spacial score (nSPS) is 7.78. The fourth-order valence-electron chi connectivity index (χ4n) is 0.446. The van der Waals surface area contributed by atoms with E-state index in [0.29, 0.717) is 12.8 Å². The summed E-state index contributed by atoms with van der Waals surface area (Å²) >= 11 is 0. The monoisotopic (exact) mass is 203 g/mol. The number of rotatable bonds is 3. The van der Waals surface area contributed by atoms with Crippen molar-refractivity contribution in [3.05, 3.63) is 6.92 Å². The average molecular weight is 203 g/mol. The third kappa shape index (κ3) is 8.57. The van der Waals surface area contributed by atoms with Gasteiger partial charge in [-0.15, -0.1) is 0 Å². The molecule has 0 saturated heterocycles. The van der Waals surface area contributed by atoms with E-state index in [1.807, 2.05) is 6.92 Å². The Bertz CT molecular complexity index is 67.5. The Morgan fingerprint density at radius 1 is 1.67 bits per heavy atom. The van der Waals surface area contributed by atoms with Crippen molar-refractivity contribution in [2.45, 2.75) is 19.8 Å². The molecule has 0 atom stereocenters. The Balaban J connectivity index is 0. The molecule has 3 heteroatoms. The SMILES string of the molecule is [CH2-]CCC(=O)NCC.[Y]. The predicted octanol–water partition coefficient (Wildman–Crippen LogP) is 0.734. The molecule has 0 unspecified atom stereocenters. The quantitative estimate of drug-likeness (QED) is 0.673. The molecule has 1 amide bonds. The van der Waals surface area contributed by atoms with E-state index < -0.39 is 0 Å². The van der Waals surface area contributed by atoms with Gasteiger partial charge in [0.05, 0.1) is 0 Å². The third-order valence-electron chi connectivity index (χ3n) is 0.778. The van der Waals surface area contributed by atoms with Crippen LogP contribution in [0.1, 0.15) is 19.8 Å². The van der Waals surface area contributed by atoms with Gasteiger partial charge in [0.25, 0.3) is 0 Å². The van der Waals surface area contributed by atoms with E-state index in [-0.39, 0.29) is 38.6 Å². The van der Waals surface area contributed by atoms with Gasteiger partial charge in [0, 0.05) is 39.3 Å². The molecule has 0 aromatic heterocycles. The van der Waals surface area contributed by atoms with Crippen molar-refractivity contribution in [3.63, 3.8) is 0 Å². The first-order chi connectivity index (χ1) is 3.81. The minimum atomic E-state index is 0. The minimum absolute atomic E-state index is 0. The number of hydrogen-bond acceptors (Lipinski definition) is 1. The molecule has 0 aliphatic carbocycles. The Morgan fingerprint density at radius 2 is 2.22 bits per heavy atom. The molecule has 0 saturated carbocycles. The van der Waals surface area contributed by atoms with Crippen LogP contribution in [0.4, 0.5) is 0 Å². The Hall–Kier alpha value is 0.574. The zero-order valence-corrected chi connectivity index (χ0v) is 8.65. The van der Waals surface area contributed by atoms with Gasteiger partial charge < -0.3 is 12.2 Å². The molecule has 2 nitrogen and oxygen atoms in total. The van der Waals surface area contributed by atoms with Crippen molar-refractivity contribution in [1.29, 1.82) is 0 Å². The van der Waals surface area contributed by atoms with Gasteiger partial charge in [0.2, 0.25) is 5.91 Å². The van der Waals surface area contributed by atoms with Gasteiger partial charge in [0.1, 0.15) is 0 Å². The van der Waals surface area contributed by atoms with E-state index >= 15 is 0 Å². The van der Waals surface area contributed by atoms with E-state index in [9.17, 15) is 4.79 Å². The molecule has 1 radical (unpaired) electrons. The molecule has 0 fully saturated rings. The van der Waals surface area contributed by atoms with Gasteiger partial charge in [-0.1, -0.05) is 0 Å². The second kappa shape index (κ2) is 8.57. The average Bonchev–Trinajstić information content (AvgIpc) is 1.68. The molecule has 0 aromatic rings. The summed E-state index contributed by atoms with van der Waals surface area (Å²) in [5, 5.41) is 2.67. The summed E-state index contributed by atoms with van der Waals surface area (Å²) in [6.45, 7) is 6.17. The molecule has 51 valence electrons. The van der Waals surface area contributed by atoms with Crippen molar-refractivity contribution < 1.29 is 37.5 Å². The summed E-state index contributed by atoms with van der Waals surface area (Å²) in [6, 6.07) is 0. The van der Waals surface area contributed by atoms with Crippen LogP contribution in [0.25, 0.3) is 0 Å². The van der Waals surface area contributed by atoms with E-state index in [1.54, 1.807) is 0 Å². The smallest absolute Gasteiger partial charge is 0.217 e. The summed E-state index contributed by atoms with van der Waals surface area (Å²) in [5.41, 5.74) is 0. The second-order valence-electron chi connectivity index (χ2n) is 1.56. The molecular weight excluding hydrogens is 191 g/mol. The van der Waals surface area contributed by atoms with Crippen molar-refractivity contribution in [2.24, 2.45) is 0 Å². The third-order valence-corrected chi connectivity index (χ3v) is 0.778. The molecule has 0 aliphatic heterocycles. The summed E-state index contributed by atoms with van der Waals surface area (Å²) in [4.78, 5) is 10.5. The van der Waals surface area contributed by atoms with Crippen molar-refractivity contribution >= 4 is 5.91 Å². The summed E-state index contributed by atoms with van der Waals surface area (Å²) in [7, 11) is 0. The van der Waals surface area contributed by atoms with Gasteiger partial charge in [-0.25, -0.2) is 0 Å². The fraction of sp³-hybridized carbons (Fsp3) is 0.667. The van der Waals surface area contributed by atoms with Crippen LogP contribution in [0.5, 0.6) is 0 Å². The molecule has 0 spiro atoms. The second-order valence-corrected chi connectivity index (χ2v) is 1.56. The van der Waals surface area contributed by atoms with Crippen LogP contribution >= 0.6 is 0 Å². The van der Waals surface area contributed by atoms with Gasteiger partial charge >= 0.3 is 0 Å². The van der Waals surface area contributed by atoms with Crippen LogP contribution in [-0.4, -0.2) is 12.5 Å². The van der Waals surface area contributed by atoms with E-state index in [2.05, 4.69) is 12.2 Å². The minimum Gasteiger partial charge on any atom is -0.356 e. The van der Waals surface area contributed by atoms with Crippen molar-refractivity contribution in [1.82, 2.24) is 5.32 Å². The van der Waals surface area contributed by atoms with Gasteiger partial charge in [-0.3, -0.25) is 4.79 Å². The summed E-state index contributed by atoms with van der Waals surface area (Å²) in [5.74, 6) is 0.0995. The molecule has 0 aromatic carbocycles. The predicted molar refractivity (Wildman–Crippen MR) is 33.3 cm³/mol. The zero-order chi connectivity index (χ0) is 6.41. The largest absolute Gasteiger partial charge is 0.356 e. The molecular formula is C6H12NOY-. The zero-order valence-electron chi connectivity index (χ0n) is 5.81. The first kappa shape index (κ1) is 12.3. The van der Waals surface area contributed by atoms with Crippen LogP contribution in [0.15, 0.2) is 0 Å². The molecule has 0 aliphatic rings. The van der Waals surface area contributed by atoms with E-state index in [4.69, 9.17) is 0 Å². The number of carbonyl (C=O) groups excluding carboxylic acids is 1. The molecule has 0 heterocycles. The van der Waals surface area contributed by atoms with Gasteiger partial charge in [-0.05, 0) is 13.3 Å². The molecule has 0 rings (SSSR count). The first-order valence-corrected chi connectivity index (χ1v) is 2.87. The first-order valence-electron chi connectivity index (χ1n) is 2.87. The number of carbonyl (C=O) groups is 1. The Morgan fingerprint density at radius 3 is 2.56 bits per heavy atom. The molecule has 1 N–H and O–H groups in total. The Kier molecular flexibility index (Phi) is 11.7.